The minimum absolute atomic E-state index is 0.655. The van der Waals surface area contributed by atoms with Gasteiger partial charge in [-0.25, -0.2) is 4.98 Å². The predicted octanol–water partition coefficient (Wildman–Crippen LogP) is 12.9. The van der Waals surface area contributed by atoms with Crippen LogP contribution in [0.4, 0.5) is 0 Å². The summed E-state index contributed by atoms with van der Waals surface area (Å²) in [5.41, 5.74) is 14.7. The third-order valence-corrected chi connectivity index (χ3v) is 9.87. The van der Waals surface area contributed by atoms with E-state index in [1.165, 1.54) is 68.0 Å². The van der Waals surface area contributed by atoms with E-state index in [-0.39, 0.29) is 0 Å². The van der Waals surface area contributed by atoms with E-state index in [4.69, 9.17) is 9.40 Å². The van der Waals surface area contributed by atoms with E-state index in [1.807, 2.05) is 0 Å². The van der Waals surface area contributed by atoms with Crippen molar-refractivity contribution in [3.05, 3.63) is 169 Å². The van der Waals surface area contributed by atoms with Gasteiger partial charge >= 0.3 is 0 Å². The number of hydrogen-bond donors (Lipinski definition) is 0. The Hall–Kier alpha value is -6.19. The molecule has 0 amide bonds. The largest absolute Gasteiger partial charge is 0.436 e. The molecular weight excluding hydrogens is 609 g/mol. The van der Waals surface area contributed by atoms with Gasteiger partial charge in [-0.2, -0.15) is 0 Å². The van der Waals surface area contributed by atoms with Crippen LogP contribution in [0.25, 0.3) is 83.4 Å². The first kappa shape index (κ1) is 29.9. The Bertz CT molecular complexity index is 2570. The van der Waals surface area contributed by atoms with Gasteiger partial charge in [0.2, 0.25) is 5.89 Å². The number of benzene rings is 7. The zero-order valence-corrected chi connectivity index (χ0v) is 28.0. The van der Waals surface area contributed by atoms with Crippen LogP contribution in [-0.2, 0) is 6.42 Å². The summed E-state index contributed by atoms with van der Waals surface area (Å²) in [6.45, 7) is 2.22. The molecule has 0 bridgehead atoms. The van der Waals surface area contributed by atoms with E-state index < -0.39 is 0 Å². The third kappa shape index (κ3) is 5.28. The smallest absolute Gasteiger partial charge is 0.227 e. The maximum absolute atomic E-state index is 6.18. The first-order chi connectivity index (χ1) is 24.7. The molecule has 0 fully saturated rings. The van der Waals surface area contributed by atoms with Crippen molar-refractivity contribution in [3.63, 3.8) is 0 Å². The van der Waals surface area contributed by atoms with Crippen molar-refractivity contribution < 1.29 is 4.42 Å². The topological polar surface area (TPSA) is 31.0 Å². The molecular formula is C47H36N2O. The lowest BCUT2D eigenvalue weighted by Gasteiger charge is -2.15. The maximum Gasteiger partial charge on any atom is 0.227 e. The molecule has 0 saturated carbocycles. The number of fused-ring (bicyclic) bond motifs is 4. The molecule has 50 heavy (non-hydrogen) atoms. The molecule has 0 spiro atoms. The zero-order chi connectivity index (χ0) is 33.4. The first-order valence-electron chi connectivity index (χ1n) is 17.5. The summed E-state index contributed by atoms with van der Waals surface area (Å²) in [5.74, 6) is 0.655. The van der Waals surface area contributed by atoms with E-state index >= 15 is 0 Å². The van der Waals surface area contributed by atoms with Crippen molar-refractivity contribution in [2.24, 2.45) is 0 Å². The maximum atomic E-state index is 6.18. The normalized spacial score (nSPS) is 11.5. The fourth-order valence-electron chi connectivity index (χ4n) is 7.36. The van der Waals surface area contributed by atoms with Crippen molar-refractivity contribution >= 4 is 32.9 Å². The second kappa shape index (κ2) is 12.7. The first-order valence-corrected chi connectivity index (χ1v) is 17.5. The highest BCUT2D eigenvalue weighted by Crippen LogP contribution is 2.39. The summed E-state index contributed by atoms with van der Waals surface area (Å²) in [5, 5.41) is 2.54. The lowest BCUT2D eigenvalue weighted by atomic mass is 9.89. The van der Waals surface area contributed by atoms with Crippen LogP contribution < -0.4 is 0 Å². The van der Waals surface area contributed by atoms with Crippen LogP contribution in [0.1, 0.15) is 25.3 Å². The molecule has 0 atom stereocenters. The zero-order valence-electron chi connectivity index (χ0n) is 28.0. The Morgan fingerprint density at radius 3 is 1.64 bits per heavy atom. The number of unbranched alkanes of at least 4 members (excludes halogenated alkanes) is 1. The molecule has 9 aromatic rings. The van der Waals surface area contributed by atoms with Crippen LogP contribution in [0.3, 0.4) is 0 Å². The molecule has 2 heterocycles. The molecule has 3 nitrogen and oxygen atoms in total. The van der Waals surface area contributed by atoms with E-state index in [2.05, 4.69) is 175 Å². The van der Waals surface area contributed by atoms with Gasteiger partial charge in [-0.1, -0.05) is 129 Å². The van der Waals surface area contributed by atoms with Crippen LogP contribution >= 0.6 is 0 Å². The van der Waals surface area contributed by atoms with E-state index in [0.29, 0.717) is 5.89 Å². The summed E-state index contributed by atoms with van der Waals surface area (Å²) in [7, 11) is 0. The molecule has 2 aromatic heterocycles. The molecule has 0 radical (unpaired) electrons. The minimum atomic E-state index is 0.655. The summed E-state index contributed by atoms with van der Waals surface area (Å²) in [4.78, 5) is 4.85. The lowest BCUT2D eigenvalue weighted by Crippen LogP contribution is -1.94. The Morgan fingerprint density at radius 1 is 0.520 bits per heavy atom. The minimum Gasteiger partial charge on any atom is -0.436 e. The van der Waals surface area contributed by atoms with Crippen molar-refractivity contribution in [2.45, 2.75) is 26.2 Å². The van der Waals surface area contributed by atoms with Crippen LogP contribution in [0.2, 0.25) is 0 Å². The fourth-order valence-corrected chi connectivity index (χ4v) is 7.36. The standard InChI is InChI=1S/C47H36N2O/c1-2-3-12-32-21-30-46-43(31-32)48-47(50-46)35-24-22-33(23-25-35)37-13-4-6-15-39(37)40-16-7-5-14-38(40)34-26-28-36(29-27-34)49-44-19-10-8-17-41(44)42-18-9-11-20-45(42)49/h4-11,13-31H,2-3,12H2,1H3. The molecule has 7 aromatic carbocycles. The van der Waals surface area contributed by atoms with E-state index in [1.54, 1.807) is 0 Å². The monoisotopic (exact) mass is 644 g/mol. The summed E-state index contributed by atoms with van der Waals surface area (Å²) < 4.78 is 8.54. The Balaban J connectivity index is 1.05. The average Bonchev–Trinajstić information content (AvgIpc) is 3.76. The molecule has 9 rings (SSSR count). The Labute approximate surface area is 292 Å². The van der Waals surface area contributed by atoms with Crippen molar-refractivity contribution in [1.29, 1.82) is 0 Å². The number of aromatic nitrogens is 2. The number of nitrogens with zero attached hydrogens (tertiary/aromatic N) is 2. The van der Waals surface area contributed by atoms with Gasteiger partial charge in [0.25, 0.3) is 0 Å². The number of para-hydroxylation sites is 2. The Morgan fingerprint density at radius 2 is 1.04 bits per heavy atom. The Kier molecular flexibility index (Phi) is 7.59. The van der Waals surface area contributed by atoms with Gasteiger partial charge in [-0.3, -0.25) is 0 Å². The highest BCUT2D eigenvalue weighted by Gasteiger charge is 2.15. The number of aryl methyl sites for hydroxylation is 1. The summed E-state index contributed by atoms with van der Waals surface area (Å²) >= 11 is 0. The van der Waals surface area contributed by atoms with Crippen LogP contribution in [0.15, 0.2) is 168 Å². The van der Waals surface area contributed by atoms with Gasteiger partial charge in [0.15, 0.2) is 5.58 Å². The van der Waals surface area contributed by atoms with Crippen molar-refractivity contribution in [1.82, 2.24) is 9.55 Å². The molecule has 0 aliphatic rings. The van der Waals surface area contributed by atoms with Gasteiger partial charge in [0, 0.05) is 22.0 Å². The van der Waals surface area contributed by atoms with Crippen LogP contribution in [0, 0.1) is 0 Å². The molecule has 240 valence electrons. The quantitative estimate of drug-likeness (QED) is 0.165. The fraction of sp³-hybridized carbons (Fsp3) is 0.0851. The third-order valence-electron chi connectivity index (χ3n) is 9.87. The van der Waals surface area contributed by atoms with Crippen LogP contribution in [0.5, 0.6) is 0 Å². The lowest BCUT2D eigenvalue weighted by molar-refractivity contribution is 0.620. The number of oxazole rings is 1. The molecule has 0 aliphatic carbocycles. The van der Waals surface area contributed by atoms with Gasteiger partial charge in [-0.15, -0.1) is 0 Å². The van der Waals surface area contributed by atoms with Crippen LogP contribution in [-0.4, -0.2) is 9.55 Å². The van der Waals surface area contributed by atoms with E-state index in [0.717, 1.165) is 34.3 Å². The SMILES string of the molecule is CCCCc1ccc2oc(-c3ccc(-c4ccccc4-c4ccccc4-c4ccc(-n5c6ccccc6c6ccccc65)cc4)cc3)nc2c1. The second-order valence-corrected chi connectivity index (χ2v) is 13.0. The number of rotatable bonds is 8. The van der Waals surface area contributed by atoms with E-state index in [9.17, 15) is 0 Å². The van der Waals surface area contributed by atoms with Gasteiger partial charge in [0.1, 0.15) is 5.52 Å². The van der Waals surface area contributed by atoms with Crippen molar-refractivity contribution in [2.75, 3.05) is 0 Å². The summed E-state index contributed by atoms with van der Waals surface area (Å²) in [6.07, 6.45) is 3.43. The van der Waals surface area contributed by atoms with Gasteiger partial charge in [0.05, 0.1) is 11.0 Å². The number of hydrogen-bond acceptors (Lipinski definition) is 2. The highest BCUT2D eigenvalue weighted by atomic mass is 16.3. The molecule has 3 heteroatoms. The average molecular weight is 645 g/mol. The second-order valence-electron chi connectivity index (χ2n) is 13.0. The van der Waals surface area contributed by atoms with Crippen molar-refractivity contribution in [3.8, 4) is 50.5 Å². The molecule has 0 unspecified atom stereocenters. The molecule has 0 N–H and O–H groups in total. The molecule has 0 saturated heterocycles. The van der Waals surface area contributed by atoms with Gasteiger partial charge in [-0.05, 0) is 100 Å². The van der Waals surface area contributed by atoms with Gasteiger partial charge < -0.3 is 8.98 Å². The predicted molar refractivity (Wildman–Crippen MR) is 209 cm³/mol. The molecule has 0 aliphatic heterocycles. The highest BCUT2D eigenvalue weighted by molar-refractivity contribution is 6.09. The summed E-state index contributed by atoms with van der Waals surface area (Å²) in [6, 6.07) is 58.7.